The molecule has 0 spiro atoms. The van der Waals surface area contributed by atoms with Gasteiger partial charge in [0.2, 0.25) is 0 Å². The molecule has 7 heteroatoms. The molecule has 5 nitrogen and oxygen atoms in total. The maximum Gasteiger partial charge on any atom is 0.383 e. The zero-order chi connectivity index (χ0) is 10.0. The Labute approximate surface area is 76.8 Å². The third-order valence-electron chi connectivity index (χ3n) is 0.706. The Morgan fingerprint density at radius 1 is 1.33 bits per heavy atom. The Morgan fingerprint density at radius 2 is 1.75 bits per heavy atom. The predicted octanol–water partition coefficient (Wildman–Crippen LogP) is 0.126. The van der Waals surface area contributed by atoms with Crippen molar-refractivity contribution in [1.82, 2.24) is 0 Å². The quantitative estimate of drug-likeness (QED) is 0.497. The van der Waals surface area contributed by atoms with E-state index in [-0.39, 0.29) is 0 Å². The summed E-state index contributed by atoms with van der Waals surface area (Å²) in [4.78, 5) is 16.2. The maximum absolute atomic E-state index is 9.89. The lowest BCUT2D eigenvalue weighted by molar-refractivity contribution is 0.397. The summed E-state index contributed by atoms with van der Waals surface area (Å²) in [6.45, 7) is -0.613. The number of hydrogen-bond acceptors (Lipinski definition) is 4. The van der Waals surface area contributed by atoms with Gasteiger partial charge in [-0.15, -0.1) is 0 Å². The summed E-state index contributed by atoms with van der Waals surface area (Å²) < 4.78 is 9.89. The van der Waals surface area contributed by atoms with Gasteiger partial charge in [-0.1, -0.05) is 6.92 Å². The summed E-state index contributed by atoms with van der Waals surface area (Å²) in [5.74, 6) is 0.463. The summed E-state index contributed by atoms with van der Waals surface area (Å²) in [7, 11) is 0. The average Bonchev–Trinajstić information content (AvgIpc) is 1.87. The number of hydrogen-bond donors (Lipinski definition) is 4. The summed E-state index contributed by atoms with van der Waals surface area (Å²) in [6, 6.07) is 0. The Balaban J connectivity index is 0. The standard InChI is InChI=1S/C3H10N2.C2H7O3PS/c4-2-1-3-5;1-2-7-6(3,4)5/h1-5H2;2H2,1H3,(H2,3,4,5). The molecule has 0 aliphatic carbocycles. The van der Waals surface area contributed by atoms with Gasteiger partial charge in [-0.25, -0.2) is 4.57 Å². The van der Waals surface area contributed by atoms with Crippen molar-refractivity contribution < 1.29 is 14.4 Å². The summed E-state index contributed by atoms with van der Waals surface area (Å²) in [5.41, 5.74) is 10.1. The molecule has 0 fully saturated rings. The van der Waals surface area contributed by atoms with E-state index in [9.17, 15) is 4.57 Å². The van der Waals surface area contributed by atoms with E-state index in [2.05, 4.69) is 0 Å². The van der Waals surface area contributed by atoms with Gasteiger partial charge < -0.3 is 21.3 Å². The molecule has 0 aromatic rings. The average molecular weight is 216 g/mol. The van der Waals surface area contributed by atoms with Crippen LogP contribution in [0.25, 0.3) is 0 Å². The first-order valence-electron chi connectivity index (χ1n) is 3.58. The number of rotatable bonds is 4. The van der Waals surface area contributed by atoms with E-state index in [1.807, 2.05) is 0 Å². The monoisotopic (exact) mass is 216 g/mol. The zero-order valence-electron chi connectivity index (χ0n) is 7.14. The Morgan fingerprint density at radius 3 is 1.75 bits per heavy atom. The Bertz CT molecular complexity index is 128. The lowest BCUT2D eigenvalue weighted by atomic mass is 10.4. The molecule has 0 rings (SSSR count). The SMILES string of the molecule is CCSP(=O)(O)O.NCCCN. The maximum atomic E-state index is 9.89. The van der Waals surface area contributed by atoms with Gasteiger partial charge in [0.25, 0.3) is 0 Å². The molecule has 12 heavy (non-hydrogen) atoms. The summed E-state index contributed by atoms with van der Waals surface area (Å²) in [5, 5.41) is 0. The largest absolute Gasteiger partial charge is 0.383 e. The van der Waals surface area contributed by atoms with Gasteiger partial charge in [-0.2, -0.15) is 0 Å². The van der Waals surface area contributed by atoms with Gasteiger partial charge >= 0.3 is 6.80 Å². The van der Waals surface area contributed by atoms with Crippen molar-refractivity contribution in [2.45, 2.75) is 13.3 Å². The van der Waals surface area contributed by atoms with Crippen LogP contribution in [-0.4, -0.2) is 28.6 Å². The van der Waals surface area contributed by atoms with E-state index in [4.69, 9.17) is 21.3 Å². The highest BCUT2D eigenvalue weighted by atomic mass is 32.7. The first-order valence-corrected chi connectivity index (χ1v) is 6.78. The lowest BCUT2D eigenvalue weighted by Gasteiger charge is -1.95. The highest BCUT2D eigenvalue weighted by molar-refractivity contribution is 8.54. The smallest absolute Gasteiger partial charge is 0.330 e. The molecule has 0 bridgehead atoms. The predicted molar refractivity (Wildman–Crippen MR) is 52.9 cm³/mol. The molecule has 0 radical (unpaired) electrons. The van der Waals surface area contributed by atoms with Gasteiger partial charge in [0.15, 0.2) is 0 Å². The van der Waals surface area contributed by atoms with E-state index in [1.165, 1.54) is 0 Å². The summed E-state index contributed by atoms with van der Waals surface area (Å²) >= 11 is 0.655. The molecule has 0 atom stereocenters. The van der Waals surface area contributed by atoms with Crippen molar-refractivity contribution in [3.63, 3.8) is 0 Å². The highest BCUT2D eigenvalue weighted by Crippen LogP contribution is 2.49. The van der Waals surface area contributed by atoms with Crippen molar-refractivity contribution in [2.24, 2.45) is 11.5 Å². The van der Waals surface area contributed by atoms with Crippen molar-refractivity contribution in [1.29, 1.82) is 0 Å². The third-order valence-corrected chi connectivity index (χ3v) is 3.08. The molecule has 0 unspecified atom stereocenters. The molecule has 0 aromatic carbocycles. The zero-order valence-corrected chi connectivity index (χ0v) is 8.85. The van der Waals surface area contributed by atoms with Crippen molar-refractivity contribution >= 4 is 18.2 Å². The third kappa shape index (κ3) is 22.4. The molecule has 0 aliphatic rings. The van der Waals surface area contributed by atoms with E-state index >= 15 is 0 Å². The van der Waals surface area contributed by atoms with E-state index < -0.39 is 6.80 Å². The van der Waals surface area contributed by atoms with E-state index in [0.29, 0.717) is 17.1 Å². The highest BCUT2D eigenvalue weighted by Gasteiger charge is 2.09. The second kappa shape index (κ2) is 9.51. The molecule has 0 aromatic heterocycles. The second-order valence-corrected chi connectivity index (χ2v) is 5.86. The van der Waals surface area contributed by atoms with Gasteiger partial charge in [0.1, 0.15) is 0 Å². The van der Waals surface area contributed by atoms with Gasteiger partial charge in [0, 0.05) is 5.75 Å². The van der Waals surface area contributed by atoms with Crippen molar-refractivity contribution in [3.05, 3.63) is 0 Å². The number of nitrogens with two attached hydrogens (primary N) is 2. The van der Waals surface area contributed by atoms with Gasteiger partial charge in [-0.05, 0) is 30.9 Å². The van der Waals surface area contributed by atoms with Crippen molar-refractivity contribution in [3.8, 4) is 0 Å². The summed E-state index contributed by atoms with van der Waals surface area (Å²) in [6.07, 6.45) is 0.944. The van der Waals surface area contributed by atoms with E-state index in [1.54, 1.807) is 6.92 Å². The molecule has 0 heterocycles. The molecule has 76 valence electrons. The van der Waals surface area contributed by atoms with Crippen LogP contribution in [0.15, 0.2) is 0 Å². The topological polar surface area (TPSA) is 110 Å². The normalized spacial score (nSPS) is 10.4. The van der Waals surface area contributed by atoms with Crippen LogP contribution in [-0.2, 0) is 4.57 Å². The minimum atomic E-state index is -3.75. The second-order valence-electron chi connectivity index (χ2n) is 1.84. The van der Waals surface area contributed by atoms with Crippen LogP contribution in [0.3, 0.4) is 0 Å². The Kier molecular flexibility index (Phi) is 11.8. The van der Waals surface area contributed by atoms with Gasteiger partial charge in [0.05, 0.1) is 0 Å². The fourth-order valence-corrected chi connectivity index (χ4v) is 1.63. The van der Waals surface area contributed by atoms with Crippen LogP contribution in [0.1, 0.15) is 13.3 Å². The Hall–Kier alpha value is 0.420. The minimum absolute atomic E-state index is 0.463. The van der Waals surface area contributed by atoms with E-state index in [0.717, 1.165) is 19.5 Å². The van der Waals surface area contributed by atoms with Crippen molar-refractivity contribution in [2.75, 3.05) is 18.8 Å². The van der Waals surface area contributed by atoms with Crippen LogP contribution in [0.4, 0.5) is 0 Å². The molecule has 0 aliphatic heterocycles. The van der Waals surface area contributed by atoms with Crippen LogP contribution >= 0.6 is 18.2 Å². The first kappa shape index (κ1) is 14.9. The fraction of sp³-hybridized carbons (Fsp3) is 1.00. The van der Waals surface area contributed by atoms with Gasteiger partial charge in [-0.3, -0.25) is 0 Å². The molecular formula is C5H17N2O3PS. The van der Waals surface area contributed by atoms with Crippen LogP contribution in [0.5, 0.6) is 0 Å². The molecule has 0 saturated carbocycles. The molecule has 0 amide bonds. The molecular weight excluding hydrogens is 199 g/mol. The lowest BCUT2D eigenvalue weighted by Crippen LogP contribution is -2.06. The van der Waals surface area contributed by atoms with Crippen LogP contribution < -0.4 is 11.5 Å². The van der Waals surface area contributed by atoms with Crippen LogP contribution in [0.2, 0.25) is 0 Å². The minimum Gasteiger partial charge on any atom is -0.330 e. The molecule has 6 N–H and O–H groups in total. The molecule has 0 saturated heterocycles. The first-order chi connectivity index (χ1) is 5.47. The fourth-order valence-electron chi connectivity index (χ4n) is 0.286. The van der Waals surface area contributed by atoms with Crippen LogP contribution in [0, 0.1) is 0 Å².